The van der Waals surface area contributed by atoms with Crippen molar-refractivity contribution in [1.29, 1.82) is 0 Å². The van der Waals surface area contributed by atoms with Crippen molar-refractivity contribution in [1.82, 2.24) is 15.5 Å². The van der Waals surface area contributed by atoms with Gasteiger partial charge >= 0.3 is 0 Å². The summed E-state index contributed by atoms with van der Waals surface area (Å²) in [5.74, 6) is 1.01. The summed E-state index contributed by atoms with van der Waals surface area (Å²) in [6.45, 7) is 7.03. The van der Waals surface area contributed by atoms with E-state index in [9.17, 15) is 9.50 Å². The van der Waals surface area contributed by atoms with Crippen molar-refractivity contribution in [2.45, 2.75) is 46.2 Å². The number of benzene rings is 1. The molecule has 1 aromatic carbocycles. The number of aliphatic hydroxyl groups excluding tert-OH is 1. The maximum Gasteiger partial charge on any atom is 0.191 e. The van der Waals surface area contributed by atoms with E-state index in [-0.39, 0.29) is 12.4 Å². The largest absolute Gasteiger partial charge is 0.396 e. The van der Waals surface area contributed by atoms with Crippen LogP contribution in [-0.2, 0) is 13.1 Å². The fraction of sp³-hybridized carbons (Fsp3) is 0.650. The second-order valence-electron chi connectivity index (χ2n) is 6.91. The molecule has 0 saturated carbocycles. The van der Waals surface area contributed by atoms with Gasteiger partial charge in [0.1, 0.15) is 5.82 Å². The summed E-state index contributed by atoms with van der Waals surface area (Å²) in [6, 6.07) is 5.18. The minimum absolute atomic E-state index is 0.178. The maximum absolute atomic E-state index is 13.9. The van der Waals surface area contributed by atoms with Crippen molar-refractivity contribution in [3.8, 4) is 0 Å². The molecule has 0 radical (unpaired) electrons. The number of aliphatic hydroxyl groups is 1. The van der Waals surface area contributed by atoms with Gasteiger partial charge in [-0.15, -0.1) is 0 Å². The number of nitrogens with zero attached hydrogens (tertiary/aromatic N) is 2. The van der Waals surface area contributed by atoms with Crippen molar-refractivity contribution < 1.29 is 9.50 Å². The Morgan fingerprint density at radius 2 is 2.00 bits per heavy atom. The zero-order valence-electron chi connectivity index (χ0n) is 16.7. The van der Waals surface area contributed by atoms with Crippen LogP contribution in [0.15, 0.2) is 23.2 Å². The van der Waals surface area contributed by atoms with E-state index in [4.69, 9.17) is 0 Å². The maximum atomic E-state index is 13.9. The number of guanidine groups is 1. The van der Waals surface area contributed by atoms with Crippen LogP contribution in [0.25, 0.3) is 0 Å². The molecule has 0 aliphatic carbocycles. The van der Waals surface area contributed by atoms with Crippen molar-refractivity contribution >= 4 is 5.96 Å². The first-order chi connectivity index (χ1) is 12.5. The van der Waals surface area contributed by atoms with E-state index in [0.717, 1.165) is 43.9 Å². The van der Waals surface area contributed by atoms with Gasteiger partial charge in [0, 0.05) is 31.8 Å². The molecule has 1 atom stereocenters. The predicted molar refractivity (Wildman–Crippen MR) is 107 cm³/mol. The Balaban J connectivity index is 2.73. The molecule has 1 rings (SSSR count). The van der Waals surface area contributed by atoms with E-state index in [1.165, 1.54) is 6.07 Å². The summed E-state index contributed by atoms with van der Waals surface area (Å²) in [4.78, 5) is 6.57. The van der Waals surface area contributed by atoms with Crippen LogP contribution in [0.2, 0.25) is 0 Å². The topological polar surface area (TPSA) is 59.9 Å². The molecule has 0 aromatic heterocycles. The van der Waals surface area contributed by atoms with Gasteiger partial charge in [-0.1, -0.05) is 19.4 Å². The van der Waals surface area contributed by atoms with Gasteiger partial charge in [-0.25, -0.2) is 9.38 Å². The van der Waals surface area contributed by atoms with Gasteiger partial charge in [0.05, 0.1) is 6.54 Å². The van der Waals surface area contributed by atoms with Gasteiger partial charge in [0.25, 0.3) is 0 Å². The normalized spacial score (nSPS) is 13.1. The summed E-state index contributed by atoms with van der Waals surface area (Å²) in [7, 11) is 3.85. The molecular formula is C20H35FN4O. The van der Waals surface area contributed by atoms with Crippen LogP contribution in [-0.4, -0.2) is 49.8 Å². The van der Waals surface area contributed by atoms with E-state index < -0.39 is 0 Å². The highest BCUT2D eigenvalue weighted by Crippen LogP contribution is 2.13. The Bertz CT molecular complexity index is 543. The van der Waals surface area contributed by atoms with E-state index in [2.05, 4.69) is 22.5 Å². The minimum Gasteiger partial charge on any atom is -0.396 e. The SMILES string of the molecule is CCCC(CCO)CNC(=NCc1ccc(F)c(CN(C)C)c1)NCC. The molecule has 0 bridgehead atoms. The number of hydrogen-bond donors (Lipinski definition) is 3. The number of aliphatic imine (C=N–C) groups is 1. The molecule has 0 aliphatic heterocycles. The predicted octanol–water partition coefficient (Wildman–Crippen LogP) is 2.74. The zero-order valence-corrected chi connectivity index (χ0v) is 16.7. The first-order valence-electron chi connectivity index (χ1n) is 9.55. The van der Waals surface area contributed by atoms with Gasteiger partial charge in [0.15, 0.2) is 5.96 Å². The monoisotopic (exact) mass is 366 g/mol. The molecule has 1 aromatic rings. The number of rotatable bonds is 11. The molecule has 5 nitrogen and oxygen atoms in total. The highest BCUT2D eigenvalue weighted by Gasteiger charge is 2.09. The van der Waals surface area contributed by atoms with Crippen LogP contribution in [0.5, 0.6) is 0 Å². The standard InChI is InChI=1S/C20H35FN4O/c1-5-7-16(10-11-26)13-23-20(22-6-2)24-14-17-8-9-19(21)18(12-17)15-25(3)4/h8-9,12,16,26H,5-7,10-11,13-15H2,1-4H3,(H2,22,23,24). The lowest BCUT2D eigenvalue weighted by Gasteiger charge is -2.18. The first-order valence-corrected chi connectivity index (χ1v) is 9.55. The Morgan fingerprint density at radius 3 is 2.62 bits per heavy atom. The molecule has 1 unspecified atom stereocenters. The fourth-order valence-corrected chi connectivity index (χ4v) is 2.88. The smallest absolute Gasteiger partial charge is 0.191 e. The lowest BCUT2D eigenvalue weighted by molar-refractivity contribution is 0.251. The Hall–Kier alpha value is -1.66. The van der Waals surface area contributed by atoms with Crippen LogP contribution in [0.4, 0.5) is 4.39 Å². The van der Waals surface area contributed by atoms with E-state index in [0.29, 0.717) is 24.6 Å². The molecule has 0 aliphatic rings. The molecule has 0 fully saturated rings. The molecule has 26 heavy (non-hydrogen) atoms. The third-order valence-corrected chi connectivity index (χ3v) is 4.15. The minimum atomic E-state index is -0.178. The third-order valence-electron chi connectivity index (χ3n) is 4.15. The molecule has 6 heteroatoms. The molecule has 0 saturated heterocycles. The van der Waals surface area contributed by atoms with Crippen molar-refractivity contribution in [2.24, 2.45) is 10.9 Å². The Labute approximate surface area is 157 Å². The van der Waals surface area contributed by atoms with Gasteiger partial charge < -0.3 is 20.6 Å². The van der Waals surface area contributed by atoms with Crippen LogP contribution < -0.4 is 10.6 Å². The van der Waals surface area contributed by atoms with E-state index in [1.54, 1.807) is 6.07 Å². The summed E-state index contributed by atoms with van der Waals surface area (Å²) in [5, 5.41) is 15.8. The average molecular weight is 367 g/mol. The number of hydrogen-bond acceptors (Lipinski definition) is 3. The van der Waals surface area contributed by atoms with Gasteiger partial charge in [-0.3, -0.25) is 0 Å². The molecule has 0 heterocycles. The van der Waals surface area contributed by atoms with Crippen molar-refractivity contribution in [3.63, 3.8) is 0 Å². The second-order valence-corrected chi connectivity index (χ2v) is 6.91. The summed E-state index contributed by atoms with van der Waals surface area (Å²) >= 11 is 0. The summed E-state index contributed by atoms with van der Waals surface area (Å²) in [6.07, 6.45) is 2.98. The zero-order chi connectivity index (χ0) is 19.4. The van der Waals surface area contributed by atoms with Gasteiger partial charge in [0.2, 0.25) is 0 Å². The van der Waals surface area contributed by atoms with Gasteiger partial charge in [-0.05, 0) is 57.5 Å². The quantitative estimate of drug-likeness (QED) is 0.416. The van der Waals surface area contributed by atoms with Crippen LogP contribution in [0, 0.1) is 11.7 Å². The lowest BCUT2D eigenvalue weighted by atomic mass is 10.0. The second kappa shape index (κ2) is 12.7. The molecule has 0 spiro atoms. The average Bonchev–Trinajstić information content (AvgIpc) is 2.59. The number of halogens is 1. The lowest BCUT2D eigenvalue weighted by Crippen LogP contribution is -2.40. The summed E-state index contributed by atoms with van der Waals surface area (Å²) < 4.78 is 13.9. The van der Waals surface area contributed by atoms with Gasteiger partial charge in [-0.2, -0.15) is 0 Å². The van der Waals surface area contributed by atoms with Crippen LogP contribution in [0.3, 0.4) is 0 Å². The molecular weight excluding hydrogens is 331 g/mol. The fourth-order valence-electron chi connectivity index (χ4n) is 2.88. The molecule has 0 amide bonds. The Kier molecular flexibility index (Phi) is 10.9. The number of nitrogens with one attached hydrogen (secondary N) is 2. The highest BCUT2D eigenvalue weighted by atomic mass is 19.1. The van der Waals surface area contributed by atoms with E-state index in [1.807, 2.05) is 32.0 Å². The summed E-state index contributed by atoms with van der Waals surface area (Å²) in [5.41, 5.74) is 1.67. The van der Waals surface area contributed by atoms with Crippen molar-refractivity contribution in [2.75, 3.05) is 33.8 Å². The third kappa shape index (κ3) is 8.63. The molecule has 3 N–H and O–H groups in total. The Morgan fingerprint density at radius 1 is 1.23 bits per heavy atom. The van der Waals surface area contributed by atoms with E-state index >= 15 is 0 Å². The highest BCUT2D eigenvalue weighted by molar-refractivity contribution is 5.79. The van der Waals surface area contributed by atoms with Crippen LogP contribution in [0.1, 0.15) is 44.2 Å². The molecule has 148 valence electrons. The first kappa shape index (κ1) is 22.4. The van der Waals surface area contributed by atoms with Crippen molar-refractivity contribution in [3.05, 3.63) is 35.1 Å². The van der Waals surface area contributed by atoms with Crippen LogP contribution >= 0.6 is 0 Å².